The Morgan fingerprint density at radius 1 is 0.324 bits per heavy atom. The molecular weight excluding hydrogens is 468 g/mol. The molecule has 0 aromatic carbocycles. The summed E-state index contributed by atoms with van der Waals surface area (Å²) in [4.78, 5) is 0. The first kappa shape index (κ1) is 36.8. The highest BCUT2D eigenvalue weighted by Gasteiger charge is 1.97. The highest BCUT2D eigenvalue weighted by Crippen LogP contribution is 2.13. The van der Waals surface area contributed by atoms with Crippen LogP contribution in [-0.4, -0.2) is 78.8 Å². The number of ether oxygens (including phenoxy) is 6. The minimum atomic E-state index is 0.252. The van der Waals surface area contributed by atoms with E-state index in [1.54, 1.807) is 0 Å². The van der Waals surface area contributed by atoms with Gasteiger partial charge >= 0.3 is 0 Å². The van der Waals surface area contributed by atoms with Crippen LogP contribution in [0.4, 0.5) is 0 Å². The van der Waals surface area contributed by atoms with Gasteiger partial charge in [-0.2, -0.15) is 0 Å². The van der Waals surface area contributed by atoms with Crippen molar-refractivity contribution in [3.8, 4) is 0 Å². The summed E-state index contributed by atoms with van der Waals surface area (Å²) >= 11 is 0. The van der Waals surface area contributed by atoms with Crippen LogP contribution in [0.15, 0.2) is 0 Å². The molecular formula is C31H64O6. The zero-order valence-corrected chi connectivity index (χ0v) is 25.1. The van der Waals surface area contributed by atoms with Gasteiger partial charge in [-0.15, -0.1) is 0 Å². The largest absolute Gasteiger partial charge is 0.379 e. The van der Waals surface area contributed by atoms with Crippen LogP contribution in [0, 0.1) is 0 Å². The Hall–Kier alpha value is -0.240. The maximum Gasteiger partial charge on any atom is 0.0703 e. The van der Waals surface area contributed by atoms with Gasteiger partial charge in [0.25, 0.3) is 0 Å². The maximum absolute atomic E-state index is 5.67. The van der Waals surface area contributed by atoms with Gasteiger partial charge in [0.05, 0.1) is 72.2 Å². The molecule has 0 aromatic heterocycles. The smallest absolute Gasteiger partial charge is 0.0703 e. The third-order valence-electron chi connectivity index (χ3n) is 6.31. The van der Waals surface area contributed by atoms with E-state index in [1.807, 2.05) is 13.8 Å². The van der Waals surface area contributed by atoms with Gasteiger partial charge in [-0.05, 0) is 20.3 Å². The highest BCUT2D eigenvalue weighted by molar-refractivity contribution is 4.50. The highest BCUT2D eigenvalue weighted by atomic mass is 16.6. The molecule has 0 spiro atoms. The van der Waals surface area contributed by atoms with E-state index in [0.717, 1.165) is 13.0 Å². The molecule has 0 atom stereocenters. The van der Waals surface area contributed by atoms with Crippen LogP contribution in [0.2, 0.25) is 0 Å². The second-order valence-electron chi connectivity index (χ2n) is 10.3. The predicted octanol–water partition coefficient (Wildman–Crippen LogP) is 7.76. The molecule has 0 amide bonds. The van der Waals surface area contributed by atoms with Crippen molar-refractivity contribution < 1.29 is 28.4 Å². The molecule has 0 aliphatic heterocycles. The normalized spacial score (nSPS) is 11.7. The Labute approximate surface area is 230 Å². The summed E-state index contributed by atoms with van der Waals surface area (Å²) in [7, 11) is 0. The zero-order valence-electron chi connectivity index (χ0n) is 25.1. The Morgan fingerprint density at radius 2 is 0.595 bits per heavy atom. The minimum absolute atomic E-state index is 0.252. The molecule has 6 nitrogen and oxygen atoms in total. The fourth-order valence-electron chi connectivity index (χ4n) is 4.08. The Kier molecular flexibility index (Phi) is 33.6. The van der Waals surface area contributed by atoms with Crippen molar-refractivity contribution in [2.75, 3.05) is 72.7 Å². The standard InChI is InChI=1S/C31H64O6/c1-4-5-6-7-8-9-10-11-12-13-14-15-16-17-18-19-20-32-21-22-33-23-24-34-25-26-35-27-28-36-29-30-37-31(2)3/h31H,4-30H2,1-3H3. The monoisotopic (exact) mass is 532 g/mol. The van der Waals surface area contributed by atoms with Crippen LogP contribution in [0.3, 0.4) is 0 Å². The average molecular weight is 533 g/mol. The average Bonchev–Trinajstić information content (AvgIpc) is 2.89. The molecule has 0 rings (SSSR count). The van der Waals surface area contributed by atoms with Crippen molar-refractivity contribution in [3.63, 3.8) is 0 Å². The van der Waals surface area contributed by atoms with Crippen molar-refractivity contribution in [1.29, 1.82) is 0 Å². The van der Waals surface area contributed by atoms with Crippen LogP contribution in [0.5, 0.6) is 0 Å². The van der Waals surface area contributed by atoms with E-state index in [-0.39, 0.29) is 6.10 Å². The third-order valence-corrected chi connectivity index (χ3v) is 6.31. The second kappa shape index (κ2) is 33.8. The lowest BCUT2D eigenvalue weighted by atomic mass is 10.0. The van der Waals surface area contributed by atoms with Gasteiger partial charge in [0.2, 0.25) is 0 Å². The van der Waals surface area contributed by atoms with E-state index in [2.05, 4.69) is 6.92 Å². The van der Waals surface area contributed by atoms with Gasteiger partial charge in [-0.3, -0.25) is 0 Å². The van der Waals surface area contributed by atoms with Crippen molar-refractivity contribution in [2.24, 2.45) is 0 Å². The van der Waals surface area contributed by atoms with Crippen LogP contribution in [0.1, 0.15) is 124 Å². The van der Waals surface area contributed by atoms with Crippen molar-refractivity contribution in [1.82, 2.24) is 0 Å². The van der Waals surface area contributed by atoms with E-state index < -0.39 is 0 Å². The molecule has 6 heteroatoms. The number of hydrogen-bond acceptors (Lipinski definition) is 6. The SMILES string of the molecule is CCCCCCCCCCCCCCCCCCOCCOCCOCCOCCOCCOC(C)C. The molecule has 37 heavy (non-hydrogen) atoms. The first-order valence-corrected chi connectivity index (χ1v) is 15.8. The maximum atomic E-state index is 5.67. The fraction of sp³-hybridized carbons (Fsp3) is 1.00. The number of unbranched alkanes of at least 4 members (excludes halogenated alkanes) is 15. The molecule has 0 unspecified atom stereocenters. The molecule has 0 bridgehead atoms. The second-order valence-corrected chi connectivity index (χ2v) is 10.3. The Bertz CT molecular complexity index is 394. The lowest BCUT2D eigenvalue weighted by Crippen LogP contribution is -2.14. The van der Waals surface area contributed by atoms with E-state index in [1.165, 1.54) is 96.3 Å². The molecule has 0 aliphatic rings. The van der Waals surface area contributed by atoms with Gasteiger partial charge in [-0.1, -0.05) is 103 Å². The summed E-state index contributed by atoms with van der Waals surface area (Å²) in [6.07, 6.45) is 22.6. The molecule has 0 fully saturated rings. The van der Waals surface area contributed by atoms with Crippen LogP contribution in [0.25, 0.3) is 0 Å². The molecule has 0 N–H and O–H groups in total. The lowest BCUT2D eigenvalue weighted by molar-refractivity contribution is -0.0213. The predicted molar refractivity (Wildman–Crippen MR) is 155 cm³/mol. The topological polar surface area (TPSA) is 55.4 Å². The summed E-state index contributed by atoms with van der Waals surface area (Å²) in [6, 6.07) is 0. The number of rotatable bonds is 33. The fourth-order valence-corrected chi connectivity index (χ4v) is 4.08. The molecule has 0 radical (unpaired) electrons. The van der Waals surface area contributed by atoms with Gasteiger partial charge in [-0.25, -0.2) is 0 Å². The summed E-state index contributed by atoms with van der Waals surface area (Å²) in [6.45, 7) is 13.2. The molecule has 0 heterocycles. The Balaban J connectivity index is 3.01. The summed E-state index contributed by atoms with van der Waals surface area (Å²) in [5.41, 5.74) is 0. The van der Waals surface area contributed by atoms with Crippen molar-refractivity contribution in [2.45, 2.75) is 130 Å². The summed E-state index contributed by atoms with van der Waals surface area (Å²) in [5, 5.41) is 0. The number of hydrogen-bond donors (Lipinski definition) is 0. The first-order valence-electron chi connectivity index (χ1n) is 15.8. The van der Waals surface area contributed by atoms with Crippen LogP contribution < -0.4 is 0 Å². The molecule has 0 saturated heterocycles. The van der Waals surface area contributed by atoms with Gasteiger partial charge in [0.15, 0.2) is 0 Å². The van der Waals surface area contributed by atoms with Crippen LogP contribution in [-0.2, 0) is 28.4 Å². The first-order chi connectivity index (χ1) is 18.3. The van der Waals surface area contributed by atoms with Crippen molar-refractivity contribution >= 4 is 0 Å². The lowest BCUT2D eigenvalue weighted by Gasteiger charge is -2.09. The van der Waals surface area contributed by atoms with E-state index in [0.29, 0.717) is 66.1 Å². The van der Waals surface area contributed by atoms with E-state index in [9.17, 15) is 0 Å². The van der Waals surface area contributed by atoms with Crippen molar-refractivity contribution in [3.05, 3.63) is 0 Å². The van der Waals surface area contributed by atoms with Gasteiger partial charge < -0.3 is 28.4 Å². The quantitative estimate of drug-likeness (QED) is 0.0805. The summed E-state index contributed by atoms with van der Waals surface area (Å²) in [5.74, 6) is 0. The van der Waals surface area contributed by atoms with Crippen LogP contribution >= 0.6 is 0 Å². The molecule has 0 saturated carbocycles. The molecule has 0 aliphatic carbocycles. The summed E-state index contributed by atoms with van der Waals surface area (Å²) < 4.78 is 33.0. The van der Waals surface area contributed by atoms with E-state index in [4.69, 9.17) is 28.4 Å². The van der Waals surface area contributed by atoms with E-state index >= 15 is 0 Å². The third kappa shape index (κ3) is 35.8. The Morgan fingerprint density at radius 3 is 0.919 bits per heavy atom. The minimum Gasteiger partial charge on any atom is -0.379 e. The molecule has 224 valence electrons. The van der Waals surface area contributed by atoms with Gasteiger partial charge in [0, 0.05) is 6.61 Å². The molecule has 0 aromatic rings. The zero-order chi connectivity index (χ0) is 26.9. The van der Waals surface area contributed by atoms with Gasteiger partial charge in [0.1, 0.15) is 0 Å².